The van der Waals surface area contributed by atoms with Crippen molar-refractivity contribution in [1.29, 1.82) is 0 Å². The van der Waals surface area contributed by atoms with Crippen LogP contribution in [0.15, 0.2) is 42.9 Å². The molecule has 2 fully saturated rings. The van der Waals surface area contributed by atoms with E-state index in [1.807, 2.05) is 24.5 Å². The van der Waals surface area contributed by atoms with Crippen molar-refractivity contribution < 1.29 is 9.53 Å². The van der Waals surface area contributed by atoms with Crippen molar-refractivity contribution in [2.24, 2.45) is 0 Å². The molecule has 30 heavy (non-hydrogen) atoms. The molecule has 1 aliphatic carbocycles. The highest BCUT2D eigenvalue weighted by molar-refractivity contribution is 5.99. The second-order valence-corrected chi connectivity index (χ2v) is 8.26. The van der Waals surface area contributed by atoms with Crippen molar-refractivity contribution >= 4 is 22.5 Å². The van der Waals surface area contributed by atoms with Gasteiger partial charge in [0.15, 0.2) is 0 Å². The topological polar surface area (TPSA) is 83.1 Å². The molecular weight excluding hydrogens is 378 g/mol. The molecule has 0 bridgehead atoms. The zero-order valence-corrected chi connectivity index (χ0v) is 17.1. The molecule has 1 saturated heterocycles. The monoisotopic (exact) mass is 405 g/mol. The predicted octanol–water partition coefficient (Wildman–Crippen LogP) is 3.60. The lowest BCUT2D eigenvalue weighted by Crippen LogP contribution is -2.60. The van der Waals surface area contributed by atoms with Crippen molar-refractivity contribution in [3.63, 3.8) is 0 Å². The summed E-state index contributed by atoms with van der Waals surface area (Å²) in [4.78, 5) is 20.4. The van der Waals surface area contributed by atoms with Crippen molar-refractivity contribution in [2.75, 3.05) is 31.6 Å². The Balaban J connectivity index is 1.42. The Hall–Kier alpha value is -2.77. The van der Waals surface area contributed by atoms with E-state index in [1.54, 1.807) is 6.20 Å². The third kappa shape index (κ3) is 3.59. The predicted molar refractivity (Wildman–Crippen MR) is 116 cm³/mol. The third-order valence-corrected chi connectivity index (χ3v) is 6.51. The minimum atomic E-state index is -0.447. The summed E-state index contributed by atoms with van der Waals surface area (Å²) in [5.74, 6) is 0.678. The van der Waals surface area contributed by atoms with Gasteiger partial charge in [-0.2, -0.15) is 5.10 Å². The first kappa shape index (κ1) is 19.2. The van der Waals surface area contributed by atoms with E-state index in [4.69, 9.17) is 4.74 Å². The first-order valence-electron chi connectivity index (χ1n) is 10.8. The highest BCUT2D eigenvalue weighted by atomic mass is 16.5. The average molecular weight is 406 g/mol. The number of nitrogens with zero attached hydrogens (tertiary/aromatic N) is 3. The average Bonchev–Trinajstić information content (AvgIpc) is 3.35. The van der Waals surface area contributed by atoms with E-state index in [1.165, 1.54) is 6.42 Å². The van der Waals surface area contributed by atoms with E-state index in [2.05, 4.69) is 37.5 Å². The zero-order valence-electron chi connectivity index (χ0n) is 17.1. The fourth-order valence-corrected chi connectivity index (χ4v) is 4.85. The molecule has 1 amide bonds. The Kier molecular flexibility index (Phi) is 5.23. The Morgan fingerprint density at radius 3 is 2.63 bits per heavy atom. The number of hydrogen-bond donors (Lipinski definition) is 2. The number of carbonyl (C=O) groups excluding carboxylic acids is 1. The van der Waals surface area contributed by atoms with Crippen molar-refractivity contribution in [3.8, 4) is 11.1 Å². The van der Waals surface area contributed by atoms with E-state index in [9.17, 15) is 4.79 Å². The van der Waals surface area contributed by atoms with Gasteiger partial charge >= 0.3 is 0 Å². The van der Waals surface area contributed by atoms with E-state index in [0.29, 0.717) is 19.0 Å². The lowest BCUT2D eigenvalue weighted by atomic mass is 9.79. The SMILES string of the molecule is O=C(Nc1cc2cc(-c3cn[nH]c3)ccc2cn1)C1(N2CCOCC2)CCCCC1. The number of nitrogens with one attached hydrogen (secondary N) is 2. The van der Waals surface area contributed by atoms with Crippen LogP contribution in [0.4, 0.5) is 5.82 Å². The van der Waals surface area contributed by atoms with Crippen molar-refractivity contribution in [2.45, 2.75) is 37.6 Å². The molecule has 1 aliphatic heterocycles. The van der Waals surface area contributed by atoms with Crippen LogP contribution in [0.1, 0.15) is 32.1 Å². The number of H-pyrrole nitrogens is 1. The van der Waals surface area contributed by atoms with Gasteiger partial charge in [-0.15, -0.1) is 0 Å². The molecule has 0 spiro atoms. The first-order chi connectivity index (χ1) is 14.7. The maximum absolute atomic E-state index is 13.5. The number of fused-ring (bicyclic) bond motifs is 1. The zero-order chi connectivity index (χ0) is 20.4. The molecule has 7 nitrogen and oxygen atoms in total. The number of aromatic nitrogens is 3. The number of rotatable bonds is 4. The number of pyridine rings is 1. The van der Waals surface area contributed by atoms with Gasteiger partial charge in [0.2, 0.25) is 5.91 Å². The van der Waals surface area contributed by atoms with Gasteiger partial charge in [-0.25, -0.2) is 4.98 Å². The van der Waals surface area contributed by atoms with Crippen LogP contribution < -0.4 is 5.32 Å². The van der Waals surface area contributed by atoms with Gasteiger partial charge in [-0.05, 0) is 35.9 Å². The van der Waals surface area contributed by atoms with Crippen LogP contribution in [0.3, 0.4) is 0 Å². The summed E-state index contributed by atoms with van der Waals surface area (Å²) in [7, 11) is 0. The largest absolute Gasteiger partial charge is 0.379 e. The van der Waals surface area contributed by atoms with Gasteiger partial charge in [-0.1, -0.05) is 31.4 Å². The number of anilines is 1. The molecule has 3 aromatic rings. The number of ether oxygens (including phenoxy) is 1. The minimum Gasteiger partial charge on any atom is -0.379 e. The molecule has 2 aromatic heterocycles. The number of morpholine rings is 1. The Morgan fingerprint density at radius 1 is 1.03 bits per heavy atom. The normalized spacial score (nSPS) is 19.6. The van der Waals surface area contributed by atoms with E-state index in [-0.39, 0.29) is 5.91 Å². The van der Waals surface area contributed by atoms with E-state index >= 15 is 0 Å². The summed E-state index contributed by atoms with van der Waals surface area (Å²) < 4.78 is 5.53. The van der Waals surface area contributed by atoms with Crippen LogP contribution in [0.5, 0.6) is 0 Å². The maximum Gasteiger partial charge on any atom is 0.246 e. The van der Waals surface area contributed by atoms with Gasteiger partial charge < -0.3 is 10.1 Å². The third-order valence-electron chi connectivity index (χ3n) is 6.51. The van der Waals surface area contributed by atoms with Crippen LogP contribution in [0, 0.1) is 0 Å². The quantitative estimate of drug-likeness (QED) is 0.693. The fraction of sp³-hybridized carbons (Fsp3) is 0.435. The fourth-order valence-electron chi connectivity index (χ4n) is 4.85. The Bertz CT molecular complexity index is 1020. The van der Waals surface area contributed by atoms with Crippen molar-refractivity contribution in [1.82, 2.24) is 20.1 Å². The second kappa shape index (κ2) is 8.16. The molecule has 2 aliphatic rings. The smallest absolute Gasteiger partial charge is 0.246 e. The molecule has 7 heteroatoms. The van der Waals surface area contributed by atoms with Crippen LogP contribution in [0.2, 0.25) is 0 Å². The molecule has 0 atom stereocenters. The molecule has 1 aromatic carbocycles. The van der Waals surface area contributed by atoms with Crippen LogP contribution in [-0.2, 0) is 9.53 Å². The summed E-state index contributed by atoms with van der Waals surface area (Å²) >= 11 is 0. The molecule has 156 valence electrons. The Labute approximate surface area is 175 Å². The van der Waals surface area contributed by atoms with E-state index in [0.717, 1.165) is 60.7 Å². The van der Waals surface area contributed by atoms with Gasteiger partial charge in [0.25, 0.3) is 0 Å². The number of aromatic amines is 1. The summed E-state index contributed by atoms with van der Waals surface area (Å²) in [5.41, 5.74) is 1.67. The maximum atomic E-state index is 13.5. The van der Waals surface area contributed by atoms with Crippen LogP contribution >= 0.6 is 0 Å². The van der Waals surface area contributed by atoms with Gasteiger partial charge in [0.1, 0.15) is 11.4 Å². The highest BCUT2D eigenvalue weighted by Gasteiger charge is 2.45. The second-order valence-electron chi connectivity index (χ2n) is 8.26. The minimum absolute atomic E-state index is 0.0712. The van der Waals surface area contributed by atoms with E-state index < -0.39 is 5.54 Å². The van der Waals surface area contributed by atoms with Crippen LogP contribution in [0.25, 0.3) is 21.9 Å². The van der Waals surface area contributed by atoms with Gasteiger partial charge in [-0.3, -0.25) is 14.8 Å². The molecule has 0 radical (unpaired) electrons. The molecule has 5 rings (SSSR count). The lowest BCUT2D eigenvalue weighted by Gasteiger charge is -2.46. The standard InChI is InChI=1S/C23H27N5O2/c29-22(23(6-2-1-3-7-23)28-8-10-30-11-9-28)27-21-13-19-12-17(20-15-25-26-16-20)4-5-18(19)14-24-21/h4-5,12-16H,1-3,6-11H2,(H,25,26)(H,24,27,29). The molecule has 2 N–H and O–H groups in total. The first-order valence-corrected chi connectivity index (χ1v) is 10.8. The van der Waals surface area contributed by atoms with Gasteiger partial charge in [0.05, 0.1) is 19.4 Å². The summed E-state index contributed by atoms with van der Waals surface area (Å²) in [5, 5.41) is 12.1. The highest BCUT2D eigenvalue weighted by Crippen LogP contribution is 2.35. The van der Waals surface area contributed by atoms with Gasteiger partial charge in [0, 0.05) is 36.4 Å². The number of hydrogen-bond acceptors (Lipinski definition) is 5. The lowest BCUT2D eigenvalue weighted by molar-refractivity contribution is -0.134. The molecule has 0 unspecified atom stereocenters. The molecule has 3 heterocycles. The molecular formula is C23H27N5O2. The molecule has 1 saturated carbocycles. The summed E-state index contributed by atoms with van der Waals surface area (Å²) in [6.45, 7) is 3.01. The number of carbonyl (C=O) groups is 1. The van der Waals surface area contributed by atoms with Crippen LogP contribution in [-0.4, -0.2) is 57.8 Å². The summed E-state index contributed by atoms with van der Waals surface area (Å²) in [6, 6.07) is 8.18. The Morgan fingerprint density at radius 2 is 1.87 bits per heavy atom. The number of amides is 1. The number of benzene rings is 1. The van der Waals surface area contributed by atoms with Crippen molar-refractivity contribution in [3.05, 3.63) is 42.9 Å². The summed E-state index contributed by atoms with van der Waals surface area (Å²) in [6.07, 6.45) is 10.7.